The molecule has 3 N–H and O–H groups in total. The van der Waals surface area contributed by atoms with Gasteiger partial charge in [0.05, 0.1) is 17.3 Å². The second-order valence-corrected chi connectivity index (χ2v) is 10.3. The largest absolute Gasteiger partial charge is 0.384 e. The van der Waals surface area contributed by atoms with Crippen LogP contribution in [0.15, 0.2) is 53.8 Å². The van der Waals surface area contributed by atoms with E-state index in [4.69, 9.17) is 9.98 Å². The van der Waals surface area contributed by atoms with E-state index in [1.807, 2.05) is 36.5 Å². The first-order chi connectivity index (χ1) is 18.2. The normalized spacial score (nSPS) is 18.3. The highest BCUT2D eigenvalue weighted by molar-refractivity contribution is 5.98. The Labute approximate surface area is 219 Å². The summed E-state index contributed by atoms with van der Waals surface area (Å²) in [7, 11) is 2.14. The van der Waals surface area contributed by atoms with Crippen LogP contribution in [0.25, 0.3) is 22.2 Å². The zero-order valence-corrected chi connectivity index (χ0v) is 21.9. The van der Waals surface area contributed by atoms with Gasteiger partial charge in [0.15, 0.2) is 5.84 Å². The van der Waals surface area contributed by atoms with Crippen molar-refractivity contribution in [2.24, 2.45) is 4.99 Å². The maximum atomic E-state index is 9.77. The number of rotatable bonds is 8. The minimum absolute atomic E-state index is 0.227. The van der Waals surface area contributed by atoms with E-state index in [9.17, 15) is 5.21 Å². The lowest BCUT2D eigenvalue weighted by Gasteiger charge is -2.27. The van der Waals surface area contributed by atoms with E-state index in [2.05, 4.69) is 38.7 Å². The van der Waals surface area contributed by atoms with Gasteiger partial charge < -0.3 is 15.1 Å². The fourth-order valence-electron chi connectivity index (χ4n) is 5.34. The van der Waals surface area contributed by atoms with E-state index >= 15 is 0 Å². The number of pyridine rings is 2. The van der Waals surface area contributed by atoms with Crippen molar-refractivity contribution >= 4 is 22.4 Å². The third-order valence-electron chi connectivity index (χ3n) is 7.59. The van der Waals surface area contributed by atoms with Gasteiger partial charge in [-0.3, -0.25) is 20.7 Å². The number of nitrogens with zero attached hydrogens (tertiary/aromatic N) is 5. The van der Waals surface area contributed by atoms with Crippen molar-refractivity contribution < 1.29 is 5.21 Å². The van der Waals surface area contributed by atoms with Crippen molar-refractivity contribution in [1.82, 2.24) is 25.2 Å². The molecule has 2 aliphatic heterocycles. The average Bonchev–Trinajstić information content (AvgIpc) is 2.95. The van der Waals surface area contributed by atoms with Gasteiger partial charge in [-0.1, -0.05) is 30.7 Å². The SMILES string of the molecule is CN1CCC(N=C(NO)c2ccc(-c3cc(NCCCN4CCCCC4)c4cnccc4n3)cc2)CC1. The number of anilines is 1. The van der Waals surface area contributed by atoms with E-state index in [-0.39, 0.29) is 6.04 Å². The summed E-state index contributed by atoms with van der Waals surface area (Å²) in [6.07, 6.45) is 10.8. The molecule has 2 aliphatic rings. The van der Waals surface area contributed by atoms with Crippen LogP contribution in [0.2, 0.25) is 0 Å². The number of piperidine rings is 2. The molecule has 2 saturated heterocycles. The van der Waals surface area contributed by atoms with Gasteiger partial charge in [0, 0.05) is 41.1 Å². The zero-order valence-electron chi connectivity index (χ0n) is 21.9. The van der Waals surface area contributed by atoms with Gasteiger partial charge >= 0.3 is 0 Å². The molecule has 37 heavy (non-hydrogen) atoms. The lowest BCUT2D eigenvalue weighted by molar-refractivity contribution is 0.228. The molecule has 0 radical (unpaired) electrons. The molecule has 2 fully saturated rings. The summed E-state index contributed by atoms with van der Waals surface area (Å²) in [6.45, 7) is 6.59. The Hall–Kier alpha value is -3.07. The highest BCUT2D eigenvalue weighted by Gasteiger charge is 2.17. The molecule has 8 heteroatoms. The molecule has 8 nitrogen and oxygen atoms in total. The Kier molecular flexibility index (Phi) is 8.61. The number of likely N-dealkylation sites (tertiary alicyclic amines) is 2. The van der Waals surface area contributed by atoms with E-state index in [1.165, 1.54) is 32.4 Å². The van der Waals surface area contributed by atoms with Gasteiger partial charge in [0.2, 0.25) is 0 Å². The highest BCUT2D eigenvalue weighted by Crippen LogP contribution is 2.28. The van der Waals surface area contributed by atoms with Gasteiger partial charge in [0.1, 0.15) is 0 Å². The Balaban J connectivity index is 1.30. The maximum Gasteiger partial charge on any atom is 0.152 e. The van der Waals surface area contributed by atoms with E-state index in [0.29, 0.717) is 5.84 Å². The molecule has 0 saturated carbocycles. The molecule has 0 unspecified atom stereocenters. The van der Waals surface area contributed by atoms with Crippen LogP contribution in [0.5, 0.6) is 0 Å². The minimum Gasteiger partial charge on any atom is -0.384 e. The van der Waals surface area contributed by atoms with Gasteiger partial charge in [-0.2, -0.15) is 0 Å². The van der Waals surface area contributed by atoms with Crippen molar-refractivity contribution in [3.8, 4) is 11.3 Å². The Morgan fingerprint density at radius 1 is 1.05 bits per heavy atom. The van der Waals surface area contributed by atoms with Crippen molar-refractivity contribution in [3.05, 3.63) is 54.4 Å². The number of hydroxylamine groups is 1. The third kappa shape index (κ3) is 6.63. The second kappa shape index (κ2) is 12.4. The lowest BCUT2D eigenvalue weighted by atomic mass is 10.0. The number of hydrogen-bond donors (Lipinski definition) is 3. The quantitative estimate of drug-likeness (QED) is 0.182. The number of aromatic nitrogens is 2. The van der Waals surface area contributed by atoms with E-state index < -0.39 is 0 Å². The molecule has 0 bridgehead atoms. The summed E-state index contributed by atoms with van der Waals surface area (Å²) >= 11 is 0. The average molecular weight is 502 g/mol. The maximum absolute atomic E-state index is 9.77. The van der Waals surface area contributed by atoms with Crippen LogP contribution >= 0.6 is 0 Å². The summed E-state index contributed by atoms with van der Waals surface area (Å²) in [4.78, 5) is 18.9. The molecule has 1 aromatic carbocycles. The summed E-state index contributed by atoms with van der Waals surface area (Å²) in [6, 6.07) is 12.4. The van der Waals surface area contributed by atoms with Crippen LogP contribution in [-0.4, -0.2) is 83.2 Å². The number of nitrogens with one attached hydrogen (secondary N) is 2. The van der Waals surface area contributed by atoms with Crippen molar-refractivity contribution in [3.63, 3.8) is 0 Å². The smallest absolute Gasteiger partial charge is 0.152 e. The molecule has 5 rings (SSSR count). The van der Waals surface area contributed by atoms with Crippen LogP contribution in [0, 0.1) is 0 Å². The van der Waals surface area contributed by atoms with Crippen molar-refractivity contribution in [2.75, 3.05) is 51.6 Å². The number of aliphatic imine (C=N–C) groups is 1. The van der Waals surface area contributed by atoms with E-state index in [1.54, 1.807) is 6.20 Å². The summed E-state index contributed by atoms with van der Waals surface area (Å²) in [5, 5.41) is 14.5. The first kappa shape index (κ1) is 25.6. The number of amidine groups is 1. The Morgan fingerprint density at radius 2 is 1.84 bits per heavy atom. The van der Waals surface area contributed by atoms with Gasteiger partial charge in [-0.05, 0) is 84.0 Å². The molecular formula is C29H39N7O. The fourth-order valence-corrected chi connectivity index (χ4v) is 5.34. The van der Waals surface area contributed by atoms with Crippen molar-refractivity contribution in [1.29, 1.82) is 0 Å². The number of fused-ring (bicyclic) bond motifs is 1. The Bertz CT molecular complexity index is 1180. The summed E-state index contributed by atoms with van der Waals surface area (Å²) < 4.78 is 0. The van der Waals surface area contributed by atoms with E-state index in [0.717, 1.165) is 78.9 Å². The number of hydrogen-bond acceptors (Lipinski definition) is 7. The molecule has 0 aliphatic carbocycles. The molecule has 3 aromatic rings. The standard InChI is InChI=1S/C29H39N7O/c1-35-18-11-24(12-19-35)32-29(34-37)23-8-6-22(7-9-23)27-20-28(25-21-30-14-10-26(25)33-27)31-13-5-17-36-15-3-2-4-16-36/h6-10,14,20-21,24,37H,2-5,11-13,15-19H2,1H3,(H,31,33)(H,32,34). The highest BCUT2D eigenvalue weighted by atomic mass is 16.5. The van der Waals surface area contributed by atoms with Crippen molar-refractivity contribution in [2.45, 2.75) is 44.6 Å². The van der Waals surface area contributed by atoms with Crippen LogP contribution in [-0.2, 0) is 0 Å². The molecule has 0 amide bonds. The third-order valence-corrected chi connectivity index (χ3v) is 7.59. The Morgan fingerprint density at radius 3 is 2.59 bits per heavy atom. The first-order valence-electron chi connectivity index (χ1n) is 13.7. The topological polar surface area (TPSA) is 88.9 Å². The van der Waals surface area contributed by atoms with Gasteiger partial charge in [0.25, 0.3) is 0 Å². The molecule has 4 heterocycles. The van der Waals surface area contributed by atoms with Crippen LogP contribution < -0.4 is 10.8 Å². The predicted molar refractivity (Wildman–Crippen MR) is 150 cm³/mol. The second-order valence-electron chi connectivity index (χ2n) is 10.3. The summed E-state index contributed by atoms with van der Waals surface area (Å²) in [5.41, 5.74) is 7.12. The molecule has 196 valence electrons. The first-order valence-corrected chi connectivity index (χ1v) is 13.7. The summed E-state index contributed by atoms with van der Waals surface area (Å²) in [5.74, 6) is 0.523. The molecule has 2 aromatic heterocycles. The monoisotopic (exact) mass is 501 g/mol. The minimum atomic E-state index is 0.227. The number of benzene rings is 1. The van der Waals surface area contributed by atoms with Crippen LogP contribution in [0.4, 0.5) is 5.69 Å². The zero-order chi connectivity index (χ0) is 25.5. The fraction of sp³-hybridized carbons (Fsp3) is 0.483. The van der Waals surface area contributed by atoms with Gasteiger partial charge in [-0.15, -0.1) is 0 Å². The van der Waals surface area contributed by atoms with Crippen LogP contribution in [0.3, 0.4) is 0 Å². The molecular weight excluding hydrogens is 462 g/mol. The molecule has 0 atom stereocenters. The van der Waals surface area contributed by atoms with Gasteiger partial charge in [-0.25, -0.2) is 4.98 Å². The molecule has 0 spiro atoms. The predicted octanol–water partition coefficient (Wildman–Crippen LogP) is 4.40. The lowest BCUT2D eigenvalue weighted by Crippen LogP contribution is -2.33. The van der Waals surface area contributed by atoms with Crippen LogP contribution in [0.1, 0.15) is 44.1 Å².